The first-order valence-electron chi connectivity index (χ1n) is 13.7. The Bertz CT molecular complexity index is 1300. The van der Waals surface area contributed by atoms with Gasteiger partial charge in [0.15, 0.2) is 11.5 Å². The van der Waals surface area contributed by atoms with E-state index in [1.54, 1.807) is 12.1 Å². The Hall–Kier alpha value is -2.38. The Morgan fingerprint density at radius 1 is 0.767 bits per heavy atom. The van der Waals surface area contributed by atoms with Gasteiger partial charge in [-0.25, -0.2) is 0 Å². The standard InChI is InChI=1S/C22H26F3N3OS.C8H11NO2.2ClH/c23-22(24,25)17-6-7-21-19(16-17)28(18-4-1-2-5-20(18)30-21)9-3-8-26-10-12-27(13-11-26)14-15-29;9-4-3-6-1-2-7(10)8(11)5-6;;/h1-2,4-7,16,29H,3,8-15H2;1-2,5,10-11H,3-4,9H2;2*1H. The van der Waals surface area contributed by atoms with Crippen molar-refractivity contribution in [2.24, 2.45) is 5.73 Å². The molecule has 1 fully saturated rings. The third-order valence-corrected chi connectivity index (χ3v) is 8.29. The topological polar surface area (TPSA) is 96.4 Å². The van der Waals surface area contributed by atoms with Crippen LogP contribution in [0.4, 0.5) is 24.5 Å². The van der Waals surface area contributed by atoms with E-state index < -0.39 is 11.7 Å². The minimum Gasteiger partial charge on any atom is -0.504 e. The van der Waals surface area contributed by atoms with Crippen molar-refractivity contribution in [3.63, 3.8) is 0 Å². The van der Waals surface area contributed by atoms with Crippen LogP contribution in [0.2, 0.25) is 0 Å². The van der Waals surface area contributed by atoms with Gasteiger partial charge in [-0.2, -0.15) is 13.2 Å². The number of anilines is 2. The van der Waals surface area contributed by atoms with E-state index in [0.29, 0.717) is 31.7 Å². The number of nitrogens with two attached hydrogens (primary N) is 1. The molecule has 2 aliphatic rings. The molecule has 2 heterocycles. The Labute approximate surface area is 267 Å². The van der Waals surface area contributed by atoms with Gasteiger partial charge in [0.1, 0.15) is 0 Å². The van der Waals surface area contributed by atoms with Crippen LogP contribution < -0.4 is 10.6 Å². The van der Waals surface area contributed by atoms with Gasteiger partial charge in [-0.3, -0.25) is 4.90 Å². The van der Waals surface area contributed by atoms with Crippen LogP contribution in [0.1, 0.15) is 17.5 Å². The predicted octanol–water partition coefficient (Wildman–Crippen LogP) is 5.75. The van der Waals surface area contributed by atoms with Gasteiger partial charge in [0, 0.05) is 49.1 Å². The summed E-state index contributed by atoms with van der Waals surface area (Å²) < 4.78 is 39.9. The molecule has 43 heavy (non-hydrogen) atoms. The van der Waals surface area contributed by atoms with Crippen LogP contribution in [0.3, 0.4) is 0 Å². The maximum Gasteiger partial charge on any atom is 0.416 e. The second-order valence-corrected chi connectivity index (χ2v) is 11.1. The van der Waals surface area contributed by atoms with Gasteiger partial charge < -0.3 is 30.9 Å². The van der Waals surface area contributed by atoms with E-state index in [4.69, 9.17) is 21.1 Å². The number of halogens is 5. The SMILES string of the molecule is Cl.Cl.NCCc1ccc(O)c(O)c1.OCCN1CCN(CCCN2c3ccccc3Sc3ccc(C(F)(F)F)cc32)CC1. The van der Waals surface area contributed by atoms with Crippen LogP contribution in [0.25, 0.3) is 0 Å². The highest BCUT2D eigenvalue weighted by Gasteiger charge is 2.33. The highest BCUT2D eigenvalue weighted by molar-refractivity contribution is 7.99. The second-order valence-electron chi connectivity index (χ2n) is 10.0. The normalized spacial score (nSPS) is 14.9. The average molecular weight is 664 g/mol. The average Bonchev–Trinajstić information content (AvgIpc) is 2.95. The Kier molecular flexibility index (Phi) is 14.7. The number of phenols is 2. The van der Waals surface area contributed by atoms with Crippen molar-refractivity contribution in [2.75, 3.05) is 63.9 Å². The molecular formula is C30H39Cl2F3N4O3S. The summed E-state index contributed by atoms with van der Waals surface area (Å²) >= 11 is 1.53. The lowest BCUT2D eigenvalue weighted by molar-refractivity contribution is -0.137. The number of benzene rings is 3. The van der Waals surface area contributed by atoms with Crippen LogP contribution in [0.15, 0.2) is 70.5 Å². The molecule has 0 saturated carbocycles. The first-order chi connectivity index (χ1) is 19.7. The summed E-state index contributed by atoms with van der Waals surface area (Å²) in [6.45, 7) is 6.84. The molecule has 0 radical (unpaired) electrons. The van der Waals surface area contributed by atoms with Crippen molar-refractivity contribution in [3.05, 3.63) is 71.8 Å². The fraction of sp³-hybridized carbons (Fsp3) is 0.400. The van der Waals surface area contributed by atoms with Gasteiger partial charge in [0.05, 0.1) is 23.5 Å². The number of hydrogen-bond donors (Lipinski definition) is 4. The third-order valence-electron chi connectivity index (χ3n) is 7.16. The van der Waals surface area contributed by atoms with Crippen molar-refractivity contribution in [1.29, 1.82) is 0 Å². The summed E-state index contributed by atoms with van der Waals surface area (Å²) in [5.74, 6) is -0.179. The molecule has 0 spiro atoms. The molecular weight excluding hydrogens is 624 g/mol. The number of β-amino-alcohol motifs (C(OH)–C–C–N with tert-alkyl or cyclic N) is 1. The number of aliphatic hydroxyl groups excluding tert-OH is 1. The maximum absolute atomic E-state index is 13.3. The molecule has 0 unspecified atom stereocenters. The molecule has 238 valence electrons. The van der Waals surface area contributed by atoms with E-state index in [-0.39, 0.29) is 42.9 Å². The fourth-order valence-corrected chi connectivity index (χ4v) is 6.04. The number of aliphatic hydroxyl groups is 1. The lowest BCUT2D eigenvalue weighted by atomic mass is 10.1. The number of aromatic hydroxyl groups is 2. The van der Waals surface area contributed by atoms with Crippen molar-refractivity contribution in [3.8, 4) is 11.5 Å². The molecule has 7 nitrogen and oxygen atoms in total. The molecule has 3 aromatic rings. The van der Waals surface area contributed by atoms with E-state index in [2.05, 4.69) is 9.80 Å². The molecule has 13 heteroatoms. The van der Waals surface area contributed by atoms with Crippen molar-refractivity contribution in [1.82, 2.24) is 9.80 Å². The highest BCUT2D eigenvalue weighted by Crippen LogP contribution is 2.49. The first-order valence-corrected chi connectivity index (χ1v) is 14.5. The molecule has 0 amide bonds. The number of alkyl halides is 3. The van der Waals surface area contributed by atoms with Gasteiger partial charge in [-0.05, 0) is 74.0 Å². The van der Waals surface area contributed by atoms with Crippen LogP contribution in [0.5, 0.6) is 11.5 Å². The minimum absolute atomic E-state index is 0. The largest absolute Gasteiger partial charge is 0.504 e. The Balaban J connectivity index is 0.000000423. The zero-order chi connectivity index (χ0) is 29.4. The van der Waals surface area contributed by atoms with Crippen molar-refractivity contribution in [2.45, 2.75) is 28.8 Å². The fourth-order valence-electron chi connectivity index (χ4n) is 4.97. The lowest BCUT2D eigenvalue weighted by Crippen LogP contribution is -2.47. The van der Waals surface area contributed by atoms with E-state index in [9.17, 15) is 13.2 Å². The predicted molar refractivity (Wildman–Crippen MR) is 171 cm³/mol. The summed E-state index contributed by atoms with van der Waals surface area (Å²) in [5, 5.41) is 27.0. The summed E-state index contributed by atoms with van der Waals surface area (Å²) in [5.41, 5.74) is 7.25. The number of phenolic OH excluding ortho intramolecular Hbond substituents is 2. The summed E-state index contributed by atoms with van der Waals surface area (Å²) in [7, 11) is 0. The number of hydrogen-bond acceptors (Lipinski definition) is 8. The number of rotatable bonds is 8. The van der Waals surface area contributed by atoms with E-state index in [0.717, 1.165) is 60.2 Å². The van der Waals surface area contributed by atoms with Crippen molar-refractivity contribution >= 4 is 48.0 Å². The monoisotopic (exact) mass is 662 g/mol. The molecule has 2 aliphatic heterocycles. The molecule has 3 aromatic carbocycles. The van der Waals surface area contributed by atoms with Gasteiger partial charge in [0.25, 0.3) is 0 Å². The summed E-state index contributed by atoms with van der Waals surface area (Å²) in [6, 6.07) is 16.7. The number of para-hydroxylation sites is 1. The molecule has 0 aromatic heterocycles. The first kappa shape index (κ1) is 36.8. The van der Waals surface area contributed by atoms with Crippen molar-refractivity contribution < 1.29 is 28.5 Å². The molecule has 0 atom stereocenters. The Morgan fingerprint density at radius 3 is 2.05 bits per heavy atom. The third kappa shape index (κ3) is 10.1. The minimum atomic E-state index is -4.35. The van der Waals surface area contributed by atoms with E-state index in [1.807, 2.05) is 29.2 Å². The van der Waals surface area contributed by atoms with Crippen LogP contribution in [-0.2, 0) is 12.6 Å². The van der Waals surface area contributed by atoms with Gasteiger partial charge >= 0.3 is 6.18 Å². The molecule has 5 rings (SSSR count). The number of nitrogens with zero attached hydrogens (tertiary/aromatic N) is 3. The van der Waals surface area contributed by atoms with Crippen LogP contribution in [-0.4, -0.2) is 84.1 Å². The Morgan fingerprint density at radius 2 is 1.42 bits per heavy atom. The smallest absolute Gasteiger partial charge is 0.416 e. The number of piperazine rings is 1. The zero-order valence-electron chi connectivity index (χ0n) is 23.7. The maximum atomic E-state index is 13.3. The molecule has 5 N–H and O–H groups in total. The summed E-state index contributed by atoms with van der Waals surface area (Å²) in [6.07, 6.45) is -2.76. The molecule has 0 bridgehead atoms. The molecule has 0 aliphatic carbocycles. The lowest BCUT2D eigenvalue weighted by Gasteiger charge is -2.36. The van der Waals surface area contributed by atoms with Crippen LogP contribution >= 0.6 is 36.6 Å². The quantitative estimate of drug-likeness (QED) is 0.227. The van der Waals surface area contributed by atoms with E-state index >= 15 is 0 Å². The number of fused-ring (bicyclic) bond motifs is 2. The van der Waals surface area contributed by atoms with E-state index in [1.165, 1.54) is 36.0 Å². The zero-order valence-corrected chi connectivity index (χ0v) is 26.1. The molecule has 1 saturated heterocycles. The van der Waals surface area contributed by atoms with Gasteiger partial charge in [-0.15, -0.1) is 24.8 Å². The second kappa shape index (κ2) is 17.2. The highest BCUT2D eigenvalue weighted by atomic mass is 35.5. The van der Waals surface area contributed by atoms with Crippen LogP contribution in [0, 0.1) is 0 Å². The van der Waals surface area contributed by atoms with Gasteiger partial charge in [-0.1, -0.05) is 30.0 Å². The summed E-state index contributed by atoms with van der Waals surface area (Å²) in [4.78, 5) is 8.62. The van der Waals surface area contributed by atoms with Gasteiger partial charge in [0.2, 0.25) is 0 Å².